The van der Waals surface area contributed by atoms with E-state index in [0.717, 1.165) is 22.7 Å². The summed E-state index contributed by atoms with van der Waals surface area (Å²) in [6.07, 6.45) is 0. The topological polar surface area (TPSA) is 87.2 Å². The fourth-order valence-electron chi connectivity index (χ4n) is 1.81. The molecule has 4 N–H and O–H groups in total. The lowest BCUT2D eigenvalue weighted by Crippen LogP contribution is -2.33. The van der Waals surface area contributed by atoms with Crippen LogP contribution in [0.2, 0.25) is 0 Å². The molecule has 2 aromatic carbocycles. The number of hydrogen-bond acceptors (Lipinski definition) is 8. The number of hydrogen-bond donors (Lipinski definition) is 3. The minimum atomic E-state index is 0.318. The summed E-state index contributed by atoms with van der Waals surface area (Å²) in [6.45, 7) is 7.95. The van der Waals surface area contributed by atoms with Gasteiger partial charge in [-0.05, 0) is 117 Å². The molecule has 0 radical (unpaired) electrons. The first-order valence-electron chi connectivity index (χ1n) is 9.48. The van der Waals surface area contributed by atoms with Crippen molar-refractivity contribution in [3.63, 3.8) is 0 Å². The molecule has 0 atom stereocenters. The maximum absolute atomic E-state index is 5.12. The minimum absolute atomic E-state index is 0.318. The zero-order chi connectivity index (χ0) is 24.4. The van der Waals surface area contributed by atoms with Crippen molar-refractivity contribution in [2.24, 2.45) is 20.7 Å². The van der Waals surface area contributed by atoms with E-state index < -0.39 is 0 Å². The predicted molar refractivity (Wildman–Crippen MR) is 151 cm³/mol. The second-order valence-corrected chi connectivity index (χ2v) is 7.63. The Morgan fingerprint density at radius 2 is 1.06 bits per heavy atom. The minimum Gasteiger partial charge on any atom is -0.360 e. The molecule has 32 heavy (non-hydrogen) atoms. The van der Waals surface area contributed by atoms with Crippen LogP contribution in [-0.4, -0.2) is 32.7 Å². The van der Waals surface area contributed by atoms with Crippen LogP contribution < -0.4 is 16.4 Å². The summed E-state index contributed by atoms with van der Waals surface area (Å²) < 4.78 is 0. The Bertz CT molecular complexity index is 929. The van der Waals surface area contributed by atoms with Crippen LogP contribution in [0.5, 0.6) is 0 Å². The molecule has 0 aliphatic carbocycles. The molecule has 0 saturated heterocycles. The Balaban J connectivity index is 0.000000529. The van der Waals surface area contributed by atoms with Crippen LogP contribution in [0, 0.1) is 0 Å². The zero-order valence-electron chi connectivity index (χ0n) is 18.3. The average molecular weight is 503 g/mol. The number of nitrogens with one attached hydrogen (secondary N) is 2. The molecule has 2 rings (SSSR count). The van der Waals surface area contributed by atoms with Crippen molar-refractivity contribution in [2.75, 3.05) is 5.32 Å². The highest BCUT2D eigenvalue weighted by atomic mass is 32.1. The molecule has 0 aliphatic rings. The number of rotatable bonds is 5. The molecule has 0 unspecified atom stereocenters. The summed E-state index contributed by atoms with van der Waals surface area (Å²) in [7, 11) is 0. The third-order valence-corrected chi connectivity index (χ3v) is 3.41. The number of benzene rings is 2. The molecule has 168 valence electrons. The number of anilines is 1. The molecular weight excluding hydrogens is 477 g/mol. The summed E-state index contributed by atoms with van der Waals surface area (Å²) >= 11 is 18.5. The van der Waals surface area contributed by atoms with Crippen molar-refractivity contribution in [1.82, 2.24) is 5.32 Å². The molecule has 0 bridgehead atoms. The van der Waals surface area contributed by atoms with Crippen molar-refractivity contribution in [3.05, 3.63) is 48.5 Å². The monoisotopic (exact) mass is 502 g/mol. The lowest BCUT2D eigenvalue weighted by Gasteiger charge is -2.12. The Hall–Kier alpha value is -2.51. The van der Waals surface area contributed by atoms with E-state index >= 15 is 0 Å². The van der Waals surface area contributed by atoms with Crippen molar-refractivity contribution < 1.29 is 0 Å². The summed E-state index contributed by atoms with van der Waals surface area (Å²) in [6, 6.07) is 15.3. The van der Waals surface area contributed by atoms with Gasteiger partial charge in [0.15, 0.2) is 5.11 Å². The second kappa shape index (κ2) is 18.1. The number of nitrogens with zero attached hydrogens (tertiary/aromatic N) is 3. The Kier molecular flexibility index (Phi) is 16.7. The highest BCUT2D eigenvalue weighted by Crippen LogP contribution is 2.17. The van der Waals surface area contributed by atoms with Crippen LogP contribution in [-0.2, 0) is 0 Å². The normalized spacial score (nSPS) is 8.84. The van der Waals surface area contributed by atoms with Crippen molar-refractivity contribution in [1.29, 1.82) is 0 Å². The zero-order valence-corrected chi connectivity index (χ0v) is 21.6. The number of thiocarbonyl (C=S) groups is 4. The molecule has 0 aromatic heterocycles. The van der Waals surface area contributed by atoms with Gasteiger partial charge in [-0.2, -0.15) is 15.0 Å². The smallest absolute Gasteiger partial charge is 0.170 e. The third kappa shape index (κ3) is 16.2. The van der Waals surface area contributed by atoms with Crippen molar-refractivity contribution >= 4 is 92.2 Å². The van der Waals surface area contributed by atoms with E-state index in [-0.39, 0.29) is 0 Å². The van der Waals surface area contributed by atoms with Gasteiger partial charge >= 0.3 is 0 Å². The Morgan fingerprint density at radius 1 is 0.750 bits per heavy atom. The van der Waals surface area contributed by atoms with E-state index in [1.54, 1.807) is 24.3 Å². The van der Waals surface area contributed by atoms with Crippen molar-refractivity contribution in [3.8, 4) is 0 Å². The summed E-state index contributed by atoms with van der Waals surface area (Å²) in [5.74, 6) is 0. The number of aliphatic imine (C=N–C) groups is 3. The maximum Gasteiger partial charge on any atom is 0.170 e. The maximum atomic E-state index is 5.12. The van der Waals surface area contributed by atoms with Gasteiger partial charge in [-0.1, -0.05) is 13.8 Å². The van der Waals surface area contributed by atoms with E-state index in [0.29, 0.717) is 17.2 Å². The van der Waals surface area contributed by atoms with Gasteiger partial charge in [0.25, 0.3) is 0 Å². The molecule has 0 fully saturated rings. The highest BCUT2D eigenvalue weighted by Gasteiger charge is 1.99. The molecular formula is C22H26N6S4. The first kappa shape index (κ1) is 29.5. The fraction of sp³-hybridized carbons (Fsp3) is 0.273. The summed E-state index contributed by atoms with van der Waals surface area (Å²) in [4.78, 5) is 11.4. The number of nitrogens with two attached hydrogens (primary N) is 1. The molecule has 6 nitrogen and oxygen atoms in total. The molecule has 0 amide bonds. The van der Waals surface area contributed by atoms with Gasteiger partial charge in [0.1, 0.15) is 0 Å². The van der Waals surface area contributed by atoms with Crippen LogP contribution in [0.3, 0.4) is 0 Å². The van der Waals surface area contributed by atoms with E-state index in [1.165, 1.54) is 0 Å². The second-order valence-electron chi connectivity index (χ2n) is 6.67. The summed E-state index contributed by atoms with van der Waals surface area (Å²) in [5, 5.41) is 13.7. The lowest BCUT2D eigenvalue weighted by molar-refractivity contribution is 0.739. The van der Waals surface area contributed by atoms with Gasteiger partial charge in [0, 0.05) is 11.7 Å². The van der Waals surface area contributed by atoms with Crippen LogP contribution in [0.25, 0.3) is 0 Å². The average Bonchev–Trinajstić information content (AvgIpc) is 2.71. The molecule has 2 aromatic rings. The van der Waals surface area contributed by atoms with E-state index in [9.17, 15) is 0 Å². The third-order valence-electron chi connectivity index (χ3n) is 2.92. The van der Waals surface area contributed by atoms with Gasteiger partial charge in [-0.25, -0.2) is 0 Å². The van der Waals surface area contributed by atoms with E-state index in [4.69, 9.17) is 18.0 Å². The van der Waals surface area contributed by atoms with Crippen LogP contribution in [0.4, 0.5) is 22.7 Å². The molecule has 0 heterocycles. The first-order valence-corrected chi connectivity index (χ1v) is 11.1. The van der Waals surface area contributed by atoms with Gasteiger partial charge in [-0.15, -0.1) is 0 Å². The molecule has 0 aliphatic heterocycles. The van der Waals surface area contributed by atoms with Crippen LogP contribution >= 0.6 is 48.9 Å². The van der Waals surface area contributed by atoms with E-state index in [2.05, 4.69) is 77.7 Å². The van der Waals surface area contributed by atoms with Gasteiger partial charge < -0.3 is 16.4 Å². The quantitative estimate of drug-likeness (QED) is 0.313. The van der Waals surface area contributed by atoms with Crippen LogP contribution in [0.15, 0.2) is 63.5 Å². The van der Waals surface area contributed by atoms with Gasteiger partial charge in [0.2, 0.25) is 0 Å². The van der Waals surface area contributed by atoms with Crippen LogP contribution in [0.1, 0.15) is 27.7 Å². The van der Waals surface area contributed by atoms with Crippen molar-refractivity contribution in [2.45, 2.75) is 39.8 Å². The fourth-order valence-corrected chi connectivity index (χ4v) is 2.48. The predicted octanol–water partition coefficient (Wildman–Crippen LogP) is 6.62. The Labute approximate surface area is 211 Å². The summed E-state index contributed by atoms with van der Waals surface area (Å²) in [5.41, 5.74) is 8.33. The molecule has 0 spiro atoms. The molecule has 0 saturated carbocycles. The van der Waals surface area contributed by atoms with E-state index in [1.807, 2.05) is 52.0 Å². The number of isothiocyanates is 3. The standard InChI is InChI=1S/C11H13N3S2.C8H4N2S2.C3H9N/c1-8(2)13-11(16)14-10-5-3-9(4-6-10)12-7-15;11-5-9-7-1-2-8(4-3-7)10-6-12;1-3(2)4/h3-6,8H,1-2H3,(H2,13,14,16);1-4H;3H,4H2,1-2H3. The molecule has 10 heteroatoms. The largest absolute Gasteiger partial charge is 0.360 e. The van der Waals surface area contributed by atoms with Gasteiger partial charge in [-0.3, -0.25) is 0 Å². The lowest BCUT2D eigenvalue weighted by atomic mass is 10.3. The SMILES string of the molecule is CC(C)N.CC(C)NC(=S)Nc1ccc(N=C=S)cc1.S=C=Nc1ccc(N=C=S)cc1. The Morgan fingerprint density at radius 3 is 1.34 bits per heavy atom. The first-order chi connectivity index (χ1) is 15.2. The highest BCUT2D eigenvalue weighted by molar-refractivity contribution is 7.80. The van der Waals surface area contributed by atoms with Gasteiger partial charge in [0.05, 0.1) is 32.5 Å².